The van der Waals surface area contributed by atoms with Gasteiger partial charge in [0, 0.05) is 25.2 Å². The normalized spacial score (nSPS) is 12.4. The fourth-order valence-electron chi connectivity index (χ4n) is 1.69. The van der Waals surface area contributed by atoms with Gasteiger partial charge < -0.3 is 20.4 Å². The highest BCUT2D eigenvalue weighted by Gasteiger charge is 2.12. The number of rotatable bonds is 6. The molecule has 0 radical (unpaired) electrons. The molecule has 19 heavy (non-hydrogen) atoms. The SMILES string of the molecule is CCC(C)N(C)CCNC(=O)c1ccc(O)cc1O. The van der Waals surface area contributed by atoms with Crippen LogP contribution in [0.1, 0.15) is 30.6 Å². The molecule has 1 aromatic carbocycles. The Hall–Kier alpha value is -1.75. The monoisotopic (exact) mass is 266 g/mol. The Labute approximate surface area is 113 Å². The summed E-state index contributed by atoms with van der Waals surface area (Å²) in [5.74, 6) is -0.617. The molecular formula is C14H22N2O3. The molecule has 0 aliphatic rings. The zero-order valence-electron chi connectivity index (χ0n) is 11.7. The summed E-state index contributed by atoms with van der Waals surface area (Å²) >= 11 is 0. The van der Waals surface area contributed by atoms with Crippen LogP contribution in [0.5, 0.6) is 11.5 Å². The Kier molecular flexibility index (Phi) is 5.63. The molecule has 1 aromatic rings. The van der Waals surface area contributed by atoms with E-state index in [1.807, 2.05) is 7.05 Å². The van der Waals surface area contributed by atoms with E-state index < -0.39 is 0 Å². The Morgan fingerprint density at radius 1 is 1.42 bits per heavy atom. The smallest absolute Gasteiger partial charge is 0.255 e. The minimum Gasteiger partial charge on any atom is -0.508 e. The largest absolute Gasteiger partial charge is 0.508 e. The van der Waals surface area contributed by atoms with Gasteiger partial charge in [-0.15, -0.1) is 0 Å². The lowest BCUT2D eigenvalue weighted by Crippen LogP contribution is -2.37. The quantitative estimate of drug-likeness (QED) is 0.730. The van der Waals surface area contributed by atoms with Crippen molar-refractivity contribution in [2.45, 2.75) is 26.3 Å². The van der Waals surface area contributed by atoms with Crippen molar-refractivity contribution in [1.82, 2.24) is 10.2 Å². The van der Waals surface area contributed by atoms with Crippen molar-refractivity contribution in [3.8, 4) is 11.5 Å². The first-order valence-electron chi connectivity index (χ1n) is 6.46. The van der Waals surface area contributed by atoms with Gasteiger partial charge in [0.1, 0.15) is 11.5 Å². The van der Waals surface area contributed by atoms with E-state index in [-0.39, 0.29) is 23.0 Å². The van der Waals surface area contributed by atoms with Crippen LogP contribution >= 0.6 is 0 Å². The molecule has 5 nitrogen and oxygen atoms in total. The number of aromatic hydroxyl groups is 2. The van der Waals surface area contributed by atoms with Gasteiger partial charge in [-0.05, 0) is 32.5 Å². The molecule has 1 atom stereocenters. The number of likely N-dealkylation sites (N-methyl/N-ethyl adjacent to an activating group) is 1. The summed E-state index contributed by atoms with van der Waals surface area (Å²) in [5.41, 5.74) is 0.170. The van der Waals surface area contributed by atoms with Gasteiger partial charge in [-0.25, -0.2) is 0 Å². The fraction of sp³-hybridized carbons (Fsp3) is 0.500. The van der Waals surface area contributed by atoms with E-state index in [9.17, 15) is 9.90 Å². The molecule has 3 N–H and O–H groups in total. The van der Waals surface area contributed by atoms with Crippen LogP contribution < -0.4 is 5.32 Å². The summed E-state index contributed by atoms with van der Waals surface area (Å²) in [7, 11) is 2.01. The minimum absolute atomic E-state index is 0.0643. The maximum absolute atomic E-state index is 11.8. The molecule has 5 heteroatoms. The molecule has 0 aromatic heterocycles. The van der Waals surface area contributed by atoms with E-state index in [2.05, 4.69) is 24.1 Å². The van der Waals surface area contributed by atoms with E-state index in [1.54, 1.807) is 0 Å². The molecule has 0 aliphatic carbocycles. The van der Waals surface area contributed by atoms with Crippen LogP contribution in [0.25, 0.3) is 0 Å². The molecule has 1 amide bonds. The number of carbonyl (C=O) groups excluding carboxylic acids is 1. The molecule has 0 heterocycles. The molecule has 0 saturated carbocycles. The van der Waals surface area contributed by atoms with Crippen molar-refractivity contribution in [1.29, 1.82) is 0 Å². The highest BCUT2D eigenvalue weighted by atomic mass is 16.3. The molecule has 1 unspecified atom stereocenters. The van der Waals surface area contributed by atoms with Crippen LogP contribution in [0.15, 0.2) is 18.2 Å². The molecule has 0 fully saturated rings. The van der Waals surface area contributed by atoms with Crippen LogP contribution in [0.3, 0.4) is 0 Å². The topological polar surface area (TPSA) is 72.8 Å². The third-order valence-electron chi connectivity index (χ3n) is 3.32. The van der Waals surface area contributed by atoms with Gasteiger partial charge in [0.25, 0.3) is 5.91 Å². The molecule has 0 bridgehead atoms. The average molecular weight is 266 g/mol. The zero-order chi connectivity index (χ0) is 14.4. The molecule has 1 rings (SSSR count). The van der Waals surface area contributed by atoms with E-state index >= 15 is 0 Å². The van der Waals surface area contributed by atoms with Crippen LogP contribution in [-0.2, 0) is 0 Å². The van der Waals surface area contributed by atoms with Crippen molar-refractivity contribution in [2.24, 2.45) is 0 Å². The van der Waals surface area contributed by atoms with Crippen LogP contribution in [-0.4, -0.2) is 47.2 Å². The zero-order valence-corrected chi connectivity index (χ0v) is 11.7. The standard InChI is InChI=1S/C14H22N2O3/c1-4-10(2)16(3)8-7-15-14(19)12-6-5-11(17)9-13(12)18/h5-6,9-10,17-18H,4,7-8H2,1-3H3,(H,15,19). The van der Waals surface area contributed by atoms with Gasteiger partial charge in [-0.3, -0.25) is 4.79 Å². The fourth-order valence-corrected chi connectivity index (χ4v) is 1.69. The molecule has 0 aliphatic heterocycles. The molecular weight excluding hydrogens is 244 g/mol. The predicted molar refractivity (Wildman–Crippen MR) is 74.5 cm³/mol. The van der Waals surface area contributed by atoms with Gasteiger partial charge >= 0.3 is 0 Å². The van der Waals surface area contributed by atoms with Gasteiger partial charge in [-0.2, -0.15) is 0 Å². The first-order valence-corrected chi connectivity index (χ1v) is 6.46. The molecule has 106 valence electrons. The number of benzene rings is 1. The summed E-state index contributed by atoms with van der Waals surface area (Å²) in [4.78, 5) is 14.0. The predicted octanol–water partition coefficient (Wildman–Crippen LogP) is 1.56. The third kappa shape index (κ3) is 4.44. The van der Waals surface area contributed by atoms with E-state index in [0.29, 0.717) is 12.6 Å². The number of amides is 1. The molecule has 0 saturated heterocycles. The van der Waals surface area contributed by atoms with Gasteiger partial charge in [0.2, 0.25) is 0 Å². The van der Waals surface area contributed by atoms with Crippen LogP contribution in [0.4, 0.5) is 0 Å². The number of hydrogen-bond acceptors (Lipinski definition) is 4. The first-order chi connectivity index (χ1) is 8.95. The minimum atomic E-state index is -0.338. The Morgan fingerprint density at radius 3 is 2.68 bits per heavy atom. The highest BCUT2D eigenvalue weighted by Crippen LogP contribution is 2.22. The van der Waals surface area contributed by atoms with Gasteiger partial charge in [0.15, 0.2) is 0 Å². The van der Waals surface area contributed by atoms with Crippen LogP contribution in [0, 0.1) is 0 Å². The van der Waals surface area contributed by atoms with Crippen LogP contribution in [0.2, 0.25) is 0 Å². The van der Waals surface area contributed by atoms with E-state index in [1.165, 1.54) is 12.1 Å². The lowest BCUT2D eigenvalue weighted by Gasteiger charge is -2.23. The number of phenolic OH excluding ortho intramolecular Hbond substituents is 2. The number of carbonyl (C=O) groups is 1. The Morgan fingerprint density at radius 2 is 2.11 bits per heavy atom. The van der Waals surface area contributed by atoms with Gasteiger partial charge in [0.05, 0.1) is 5.56 Å². The van der Waals surface area contributed by atoms with Crippen molar-refractivity contribution in [2.75, 3.05) is 20.1 Å². The second-order valence-corrected chi connectivity index (χ2v) is 4.70. The number of hydrogen-bond donors (Lipinski definition) is 3. The second-order valence-electron chi connectivity index (χ2n) is 4.70. The van der Waals surface area contributed by atoms with E-state index in [4.69, 9.17) is 5.11 Å². The third-order valence-corrected chi connectivity index (χ3v) is 3.32. The number of phenols is 2. The summed E-state index contributed by atoms with van der Waals surface area (Å²) in [6.07, 6.45) is 1.06. The lowest BCUT2D eigenvalue weighted by molar-refractivity contribution is 0.0944. The lowest BCUT2D eigenvalue weighted by atomic mass is 10.2. The Bertz CT molecular complexity index is 435. The average Bonchev–Trinajstić information content (AvgIpc) is 2.37. The van der Waals surface area contributed by atoms with E-state index in [0.717, 1.165) is 19.0 Å². The summed E-state index contributed by atoms with van der Waals surface area (Å²) in [5, 5.41) is 21.5. The van der Waals surface area contributed by atoms with Crippen molar-refractivity contribution in [3.05, 3.63) is 23.8 Å². The summed E-state index contributed by atoms with van der Waals surface area (Å²) in [6.45, 7) is 5.52. The maximum atomic E-state index is 11.8. The second kappa shape index (κ2) is 6.99. The van der Waals surface area contributed by atoms with Crippen molar-refractivity contribution < 1.29 is 15.0 Å². The number of nitrogens with zero attached hydrogens (tertiary/aromatic N) is 1. The highest BCUT2D eigenvalue weighted by molar-refractivity contribution is 5.96. The first kappa shape index (κ1) is 15.3. The Balaban J connectivity index is 2.47. The van der Waals surface area contributed by atoms with Crippen molar-refractivity contribution >= 4 is 5.91 Å². The van der Waals surface area contributed by atoms with Crippen molar-refractivity contribution in [3.63, 3.8) is 0 Å². The summed E-state index contributed by atoms with van der Waals surface area (Å²) < 4.78 is 0. The number of nitrogens with one attached hydrogen (secondary N) is 1. The summed E-state index contributed by atoms with van der Waals surface area (Å²) in [6, 6.07) is 4.40. The maximum Gasteiger partial charge on any atom is 0.255 e. The van der Waals surface area contributed by atoms with Gasteiger partial charge in [-0.1, -0.05) is 6.92 Å². The molecule has 0 spiro atoms.